The first-order valence-corrected chi connectivity index (χ1v) is 8.62. The molecule has 2 rings (SSSR count). The molecule has 0 bridgehead atoms. The van der Waals surface area contributed by atoms with E-state index in [1.807, 2.05) is 0 Å². The molecule has 1 aliphatic rings. The van der Waals surface area contributed by atoms with E-state index in [1.54, 1.807) is 7.05 Å². The molecule has 0 spiro atoms. The SMILES string of the molecule is CN=C(NCc1cc(F)ccc1F)NCC(C)N1CCCC(C)C1.I. The topological polar surface area (TPSA) is 39.7 Å². The number of hydrogen-bond acceptors (Lipinski definition) is 2. The number of hydrogen-bond donors (Lipinski definition) is 2. The average Bonchev–Trinajstić information content (AvgIpc) is 2.57. The Morgan fingerprint density at radius 3 is 2.80 bits per heavy atom. The number of nitrogens with one attached hydrogen (secondary N) is 2. The molecule has 142 valence electrons. The molecule has 0 saturated carbocycles. The van der Waals surface area contributed by atoms with Crippen LogP contribution in [0.2, 0.25) is 0 Å². The lowest BCUT2D eigenvalue weighted by Gasteiger charge is -2.35. The Balaban J connectivity index is 0.00000312. The second-order valence-electron chi connectivity index (χ2n) is 6.63. The van der Waals surface area contributed by atoms with Gasteiger partial charge in [-0.2, -0.15) is 0 Å². The number of likely N-dealkylation sites (tertiary alicyclic amines) is 1. The van der Waals surface area contributed by atoms with Crippen molar-refractivity contribution in [3.8, 4) is 0 Å². The molecular formula is C18H29F2IN4. The molecule has 4 nitrogen and oxygen atoms in total. The summed E-state index contributed by atoms with van der Waals surface area (Å²) in [6.07, 6.45) is 2.55. The number of nitrogens with zero attached hydrogens (tertiary/aromatic N) is 2. The molecule has 2 atom stereocenters. The van der Waals surface area contributed by atoms with Gasteiger partial charge in [-0.05, 0) is 50.4 Å². The highest BCUT2D eigenvalue weighted by Gasteiger charge is 2.20. The first-order chi connectivity index (χ1) is 11.5. The third kappa shape index (κ3) is 7.05. The second-order valence-corrected chi connectivity index (χ2v) is 6.63. The van der Waals surface area contributed by atoms with Gasteiger partial charge < -0.3 is 10.6 Å². The van der Waals surface area contributed by atoms with E-state index in [9.17, 15) is 8.78 Å². The van der Waals surface area contributed by atoms with Crippen LogP contribution in [0.25, 0.3) is 0 Å². The third-order valence-corrected chi connectivity index (χ3v) is 4.55. The predicted octanol–water partition coefficient (Wildman–Crippen LogP) is 3.37. The molecule has 0 amide bonds. The Bertz CT molecular complexity index is 568. The summed E-state index contributed by atoms with van der Waals surface area (Å²) in [6, 6.07) is 3.86. The van der Waals surface area contributed by atoms with Gasteiger partial charge in [0, 0.05) is 38.3 Å². The van der Waals surface area contributed by atoms with Gasteiger partial charge in [0.1, 0.15) is 11.6 Å². The summed E-state index contributed by atoms with van der Waals surface area (Å²) in [4.78, 5) is 6.63. The van der Waals surface area contributed by atoms with Crippen LogP contribution in [-0.4, -0.2) is 43.6 Å². The molecule has 1 aliphatic heterocycles. The number of guanidine groups is 1. The number of benzene rings is 1. The van der Waals surface area contributed by atoms with Crippen LogP contribution in [0.3, 0.4) is 0 Å². The van der Waals surface area contributed by atoms with Crippen molar-refractivity contribution < 1.29 is 8.78 Å². The summed E-state index contributed by atoms with van der Waals surface area (Å²) in [5, 5.41) is 6.30. The van der Waals surface area contributed by atoms with Crippen molar-refractivity contribution in [3.63, 3.8) is 0 Å². The van der Waals surface area contributed by atoms with Crippen molar-refractivity contribution >= 4 is 29.9 Å². The van der Waals surface area contributed by atoms with Crippen LogP contribution in [0.5, 0.6) is 0 Å². The average molecular weight is 466 g/mol. The molecule has 1 aromatic rings. The van der Waals surface area contributed by atoms with Gasteiger partial charge in [0.25, 0.3) is 0 Å². The Morgan fingerprint density at radius 1 is 1.36 bits per heavy atom. The van der Waals surface area contributed by atoms with E-state index < -0.39 is 11.6 Å². The molecule has 1 fully saturated rings. The highest BCUT2D eigenvalue weighted by Crippen LogP contribution is 2.17. The largest absolute Gasteiger partial charge is 0.355 e. The Kier molecular flexibility index (Phi) is 9.63. The van der Waals surface area contributed by atoms with Crippen molar-refractivity contribution in [2.24, 2.45) is 10.9 Å². The number of piperidine rings is 1. The van der Waals surface area contributed by atoms with Crippen LogP contribution in [0.4, 0.5) is 8.78 Å². The molecule has 1 heterocycles. The van der Waals surface area contributed by atoms with Gasteiger partial charge >= 0.3 is 0 Å². The Morgan fingerprint density at radius 2 is 2.12 bits per heavy atom. The number of halogens is 3. The highest BCUT2D eigenvalue weighted by molar-refractivity contribution is 14.0. The summed E-state index contributed by atoms with van der Waals surface area (Å²) in [5.41, 5.74) is 0.288. The zero-order chi connectivity index (χ0) is 17.5. The molecular weight excluding hydrogens is 437 g/mol. The maximum atomic E-state index is 13.6. The van der Waals surface area contributed by atoms with E-state index in [0.717, 1.165) is 37.7 Å². The molecule has 7 heteroatoms. The summed E-state index contributed by atoms with van der Waals surface area (Å²) in [6.45, 7) is 7.71. The minimum atomic E-state index is -0.441. The fourth-order valence-electron chi connectivity index (χ4n) is 3.08. The maximum absolute atomic E-state index is 13.6. The molecule has 1 saturated heterocycles. The van der Waals surface area contributed by atoms with Gasteiger partial charge in [0.2, 0.25) is 0 Å². The number of rotatable bonds is 5. The first kappa shape index (κ1) is 22.1. The zero-order valence-electron chi connectivity index (χ0n) is 15.2. The van der Waals surface area contributed by atoms with E-state index in [0.29, 0.717) is 12.0 Å². The molecule has 0 aliphatic carbocycles. The smallest absolute Gasteiger partial charge is 0.191 e. The molecule has 2 unspecified atom stereocenters. The monoisotopic (exact) mass is 466 g/mol. The van der Waals surface area contributed by atoms with Crippen molar-refractivity contribution in [2.75, 3.05) is 26.7 Å². The standard InChI is InChI=1S/C18H28F2N4.HI/c1-13-5-4-8-24(12-13)14(2)10-22-18(21-3)23-11-15-9-16(19)6-7-17(15)20;/h6-7,9,13-14H,4-5,8,10-12H2,1-3H3,(H2,21,22,23);1H. The number of aliphatic imine (C=N–C) groups is 1. The van der Waals surface area contributed by atoms with Crippen LogP contribution >= 0.6 is 24.0 Å². The lowest BCUT2D eigenvalue weighted by atomic mass is 9.99. The minimum Gasteiger partial charge on any atom is -0.355 e. The van der Waals surface area contributed by atoms with Crippen LogP contribution in [0.15, 0.2) is 23.2 Å². The van der Waals surface area contributed by atoms with Gasteiger partial charge in [0.05, 0.1) is 0 Å². The zero-order valence-corrected chi connectivity index (χ0v) is 17.5. The van der Waals surface area contributed by atoms with Gasteiger partial charge in [-0.1, -0.05) is 6.92 Å². The van der Waals surface area contributed by atoms with Gasteiger partial charge in [-0.15, -0.1) is 24.0 Å². The van der Waals surface area contributed by atoms with Crippen LogP contribution in [-0.2, 0) is 6.54 Å². The summed E-state index contributed by atoms with van der Waals surface area (Å²) >= 11 is 0. The van der Waals surface area contributed by atoms with E-state index in [4.69, 9.17) is 0 Å². The predicted molar refractivity (Wildman–Crippen MR) is 109 cm³/mol. The summed E-state index contributed by atoms with van der Waals surface area (Å²) < 4.78 is 26.8. The molecule has 1 aromatic carbocycles. The summed E-state index contributed by atoms with van der Waals surface area (Å²) in [5.74, 6) is 0.476. The minimum absolute atomic E-state index is 0. The van der Waals surface area contributed by atoms with Crippen LogP contribution < -0.4 is 10.6 Å². The third-order valence-electron chi connectivity index (χ3n) is 4.55. The fourth-order valence-corrected chi connectivity index (χ4v) is 3.08. The van der Waals surface area contributed by atoms with Crippen molar-refractivity contribution in [1.82, 2.24) is 15.5 Å². The van der Waals surface area contributed by atoms with Crippen molar-refractivity contribution in [3.05, 3.63) is 35.4 Å². The fraction of sp³-hybridized carbons (Fsp3) is 0.611. The second kappa shape index (κ2) is 10.9. The van der Waals surface area contributed by atoms with Crippen molar-refractivity contribution in [2.45, 2.75) is 39.3 Å². The van der Waals surface area contributed by atoms with E-state index in [-0.39, 0.29) is 36.1 Å². The molecule has 25 heavy (non-hydrogen) atoms. The van der Waals surface area contributed by atoms with E-state index in [1.165, 1.54) is 18.9 Å². The van der Waals surface area contributed by atoms with Crippen LogP contribution in [0.1, 0.15) is 32.3 Å². The van der Waals surface area contributed by atoms with Crippen molar-refractivity contribution in [1.29, 1.82) is 0 Å². The molecule has 0 aromatic heterocycles. The van der Waals surface area contributed by atoms with Crippen LogP contribution in [0, 0.1) is 17.6 Å². The van der Waals surface area contributed by atoms with E-state index in [2.05, 4.69) is 34.4 Å². The summed E-state index contributed by atoms with van der Waals surface area (Å²) in [7, 11) is 1.67. The molecule has 2 N–H and O–H groups in total. The van der Waals surface area contributed by atoms with Gasteiger partial charge in [-0.3, -0.25) is 9.89 Å². The van der Waals surface area contributed by atoms with Gasteiger partial charge in [-0.25, -0.2) is 8.78 Å². The first-order valence-electron chi connectivity index (χ1n) is 8.62. The highest BCUT2D eigenvalue weighted by atomic mass is 127. The normalized spacial score (nSPS) is 19.9. The van der Waals surface area contributed by atoms with Gasteiger partial charge in [0.15, 0.2) is 5.96 Å². The lowest BCUT2D eigenvalue weighted by molar-refractivity contribution is 0.139. The van der Waals surface area contributed by atoms with E-state index >= 15 is 0 Å². The lowest BCUT2D eigenvalue weighted by Crippen LogP contribution is -2.48. The quantitative estimate of drug-likeness (QED) is 0.397. The molecule has 0 radical (unpaired) electrons. The Labute approximate surface area is 166 Å². The Hall–Kier alpha value is -0.960. The maximum Gasteiger partial charge on any atom is 0.191 e.